The third-order valence-corrected chi connectivity index (χ3v) is 7.09. The van der Waals surface area contributed by atoms with Crippen LogP contribution in [0.1, 0.15) is 24.5 Å². The molecule has 5 rings (SSSR count). The van der Waals surface area contributed by atoms with Crippen LogP contribution in [-0.4, -0.2) is 78.1 Å². The Labute approximate surface area is 207 Å². The van der Waals surface area contributed by atoms with Gasteiger partial charge in [-0.2, -0.15) is 16.8 Å². The van der Waals surface area contributed by atoms with Crippen molar-refractivity contribution < 1.29 is 55.1 Å². The van der Waals surface area contributed by atoms with Gasteiger partial charge in [-0.15, -0.1) is 6.58 Å². The SMILES string of the molecule is C=C[C@H]1CN2CCC1C[C@H]2[C@H](O)c1c(OS(=O)(=O)O)c(OS(=O)(=O)O)nc2ccc(OC)cc12.O.O. The van der Waals surface area contributed by atoms with E-state index in [2.05, 4.69) is 19.9 Å². The molecule has 2 aromatic rings. The first kappa shape index (κ1) is 29.7. The number of benzene rings is 1. The Morgan fingerprint density at radius 1 is 1.17 bits per heavy atom. The predicted molar refractivity (Wildman–Crippen MR) is 127 cm³/mol. The fourth-order valence-corrected chi connectivity index (χ4v) is 5.57. The molecule has 3 saturated heterocycles. The normalized spacial score (nSPS) is 24.2. The van der Waals surface area contributed by atoms with Crippen LogP contribution >= 0.6 is 0 Å². The van der Waals surface area contributed by atoms with Crippen LogP contribution in [0.3, 0.4) is 0 Å². The quantitative estimate of drug-likeness (QED) is 0.287. The van der Waals surface area contributed by atoms with Gasteiger partial charge in [0.1, 0.15) is 5.75 Å². The van der Waals surface area contributed by atoms with E-state index in [1.54, 1.807) is 0 Å². The maximum Gasteiger partial charge on any atom is 0.448 e. The Hall–Kier alpha value is -2.57. The number of ether oxygens (including phenoxy) is 1. The molecular formula is C20H28N2O12S2. The average Bonchev–Trinajstić information content (AvgIpc) is 2.77. The molecule has 0 amide bonds. The number of hydrogen-bond acceptors (Lipinski definition) is 10. The molecule has 7 N–H and O–H groups in total. The summed E-state index contributed by atoms with van der Waals surface area (Å²) >= 11 is 0. The molecule has 3 aliphatic heterocycles. The fourth-order valence-electron chi connectivity index (χ4n) is 4.89. The average molecular weight is 553 g/mol. The molecule has 0 aliphatic carbocycles. The van der Waals surface area contributed by atoms with Crippen LogP contribution in [0, 0.1) is 11.8 Å². The molecule has 5 atom stereocenters. The molecule has 16 heteroatoms. The van der Waals surface area contributed by atoms with Gasteiger partial charge in [0.15, 0.2) is 0 Å². The topological polar surface area (TPSA) is 236 Å². The van der Waals surface area contributed by atoms with Gasteiger partial charge in [-0.05, 0) is 49.4 Å². The highest BCUT2D eigenvalue weighted by Crippen LogP contribution is 2.47. The number of methoxy groups -OCH3 is 1. The third kappa shape index (κ3) is 6.04. The van der Waals surface area contributed by atoms with Crippen molar-refractivity contribution >= 4 is 31.7 Å². The van der Waals surface area contributed by atoms with Crippen LogP contribution in [0.25, 0.3) is 10.9 Å². The number of rotatable bonds is 8. The number of nitrogens with zero attached hydrogens (tertiary/aromatic N) is 2. The molecule has 4 heterocycles. The number of aromatic nitrogens is 1. The lowest BCUT2D eigenvalue weighted by Crippen LogP contribution is -2.54. The van der Waals surface area contributed by atoms with Crippen molar-refractivity contribution in [3.8, 4) is 17.4 Å². The van der Waals surface area contributed by atoms with E-state index in [1.807, 2.05) is 11.0 Å². The maximum atomic E-state index is 11.6. The first-order valence-electron chi connectivity index (χ1n) is 10.3. The van der Waals surface area contributed by atoms with Crippen molar-refractivity contribution in [3.63, 3.8) is 0 Å². The first-order chi connectivity index (χ1) is 15.9. The van der Waals surface area contributed by atoms with Crippen LogP contribution in [0.2, 0.25) is 0 Å². The first-order valence-corrected chi connectivity index (χ1v) is 13.0. The molecule has 0 saturated carbocycles. The van der Waals surface area contributed by atoms with Crippen molar-refractivity contribution in [2.24, 2.45) is 11.8 Å². The molecule has 3 fully saturated rings. The second kappa shape index (κ2) is 10.8. The zero-order valence-corrected chi connectivity index (χ0v) is 20.7. The van der Waals surface area contributed by atoms with Gasteiger partial charge in [0, 0.05) is 23.5 Å². The van der Waals surface area contributed by atoms with Crippen LogP contribution in [-0.2, 0) is 20.8 Å². The minimum absolute atomic E-state index is 0. The van der Waals surface area contributed by atoms with E-state index in [-0.39, 0.29) is 39.3 Å². The van der Waals surface area contributed by atoms with Gasteiger partial charge in [-0.3, -0.25) is 14.0 Å². The number of pyridine rings is 1. The minimum Gasteiger partial charge on any atom is -0.497 e. The predicted octanol–water partition coefficient (Wildman–Crippen LogP) is -0.113. The Balaban J connectivity index is 0.00000228. The van der Waals surface area contributed by atoms with Gasteiger partial charge < -0.3 is 29.2 Å². The third-order valence-electron chi connectivity index (χ3n) is 6.34. The standard InChI is InChI=1S/C20H24N2O10S2.2H2O/c1-3-11-10-22-7-6-12(11)8-16(22)18(23)17-14-9-13(30-2)4-5-15(14)21-20(32-34(27,28)29)19(17)31-33(24,25)26;;/h3-5,9,11-12,16,18,23H,1,6-8,10H2,2H3,(H,24,25,26)(H,27,28,29);2*1H2/t11-,12?,16-,18-;;/m0../s1. The molecule has 1 aromatic carbocycles. The molecule has 0 spiro atoms. The molecule has 2 bridgehead atoms. The van der Waals surface area contributed by atoms with Crippen molar-refractivity contribution in [1.29, 1.82) is 0 Å². The van der Waals surface area contributed by atoms with E-state index in [0.717, 1.165) is 6.42 Å². The van der Waals surface area contributed by atoms with Gasteiger partial charge in [0.2, 0.25) is 5.75 Å². The molecular weight excluding hydrogens is 524 g/mol. The Morgan fingerprint density at radius 2 is 1.83 bits per heavy atom. The van der Waals surface area contributed by atoms with Gasteiger partial charge >= 0.3 is 20.8 Å². The molecule has 1 aromatic heterocycles. The van der Waals surface area contributed by atoms with Crippen LogP contribution < -0.4 is 13.1 Å². The molecule has 0 radical (unpaired) electrons. The monoisotopic (exact) mass is 552 g/mol. The zero-order valence-electron chi connectivity index (χ0n) is 19.1. The van der Waals surface area contributed by atoms with Crippen molar-refractivity contribution in [2.45, 2.75) is 25.0 Å². The molecule has 14 nitrogen and oxygen atoms in total. The van der Waals surface area contributed by atoms with Gasteiger partial charge in [-0.25, -0.2) is 4.98 Å². The summed E-state index contributed by atoms with van der Waals surface area (Å²) in [5.74, 6) is -1.02. The highest BCUT2D eigenvalue weighted by molar-refractivity contribution is 7.81. The van der Waals surface area contributed by atoms with Crippen LogP contribution in [0.15, 0.2) is 30.9 Å². The van der Waals surface area contributed by atoms with E-state index in [9.17, 15) is 31.0 Å². The van der Waals surface area contributed by atoms with E-state index < -0.39 is 44.6 Å². The van der Waals surface area contributed by atoms with Gasteiger partial charge in [-0.1, -0.05) is 6.08 Å². The van der Waals surface area contributed by atoms with Crippen molar-refractivity contribution in [3.05, 3.63) is 36.4 Å². The summed E-state index contributed by atoms with van der Waals surface area (Å²) in [4.78, 5) is 5.96. The van der Waals surface area contributed by atoms with E-state index >= 15 is 0 Å². The Morgan fingerprint density at radius 3 is 2.36 bits per heavy atom. The number of piperidine rings is 3. The summed E-state index contributed by atoms with van der Waals surface area (Å²) in [6, 6.07) is 3.90. The highest BCUT2D eigenvalue weighted by atomic mass is 32.3. The molecule has 202 valence electrons. The number of hydrogen-bond donors (Lipinski definition) is 3. The Kier molecular flexibility index (Phi) is 8.91. The van der Waals surface area contributed by atoms with Crippen LogP contribution in [0.5, 0.6) is 17.4 Å². The van der Waals surface area contributed by atoms with E-state index in [0.29, 0.717) is 25.3 Å². The van der Waals surface area contributed by atoms with E-state index in [4.69, 9.17) is 4.74 Å². The fraction of sp³-hybridized carbons (Fsp3) is 0.450. The highest BCUT2D eigenvalue weighted by Gasteiger charge is 2.44. The summed E-state index contributed by atoms with van der Waals surface area (Å²) < 4.78 is 79.1. The maximum absolute atomic E-state index is 11.6. The second-order valence-corrected chi connectivity index (χ2v) is 10.3. The zero-order chi connectivity index (χ0) is 24.8. The smallest absolute Gasteiger partial charge is 0.448 e. The second-order valence-electron chi connectivity index (χ2n) is 8.26. The summed E-state index contributed by atoms with van der Waals surface area (Å²) in [6.07, 6.45) is 1.91. The number of fused-ring (bicyclic) bond motifs is 4. The van der Waals surface area contributed by atoms with Crippen molar-refractivity contribution in [2.75, 3.05) is 20.2 Å². The molecule has 3 aliphatic rings. The molecule has 36 heavy (non-hydrogen) atoms. The van der Waals surface area contributed by atoms with Gasteiger partial charge in [0.25, 0.3) is 5.88 Å². The lowest BCUT2D eigenvalue weighted by Gasteiger charge is -2.50. The Bertz CT molecular complexity index is 1330. The number of aliphatic hydroxyl groups is 1. The van der Waals surface area contributed by atoms with E-state index in [1.165, 1.54) is 25.3 Å². The lowest BCUT2D eigenvalue weighted by atomic mass is 9.73. The summed E-state index contributed by atoms with van der Waals surface area (Å²) in [7, 11) is -8.98. The summed E-state index contributed by atoms with van der Waals surface area (Å²) in [5.41, 5.74) is -0.0935. The number of aliphatic hydroxyl groups excluding tert-OH is 1. The molecule has 2 unspecified atom stereocenters. The van der Waals surface area contributed by atoms with Crippen LogP contribution in [0.4, 0.5) is 0 Å². The van der Waals surface area contributed by atoms with Gasteiger partial charge in [0.05, 0.1) is 18.7 Å². The summed E-state index contributed by atoms with van der Waals surface area (Å²) in [6.45, 7) is 5.18. The lowest BCUT2D eigenvalue weighted by molar-refractivity contribution is -0.0449. The summed E-state index contributed by atoms with van der Waals surface area (Å²) in [5, 5.41) is 11.7. The van der Waals surface area contributed by atoms with Crippen molar-refractivity contribution in [1.82, 2.24) is 9.88 Å². The minimum atomic E-state index is -5.22. The largest absolute Gasteiger partial charge is 0.497 e.